The number of benzene rings is 3. The highest BCUT2D eigenvalue weighted by Crippen LogP contribution is 2.54. The number of para-hydroxylation sites is 1. The summed E-state index contributed by atoms with van der Waals surface area (Å²) >= 11 is 3.76. The van der Waals surface area contributed by atoms with Gasteiger partial charge >= 0.3 is 0 Å². The van der Waals surface area contributed by atoms with Gasteiger partial charge in [-0.05, 0) is 23.3 Å². The van der Waals surface area contributed by atoms with Crippen LogP contribution in [0.25, 0.3) is 0 Å². The van der Waals surface area contributed by atoms with Crippen molar-refractivity contribution in [3.63, 3.8) is 0 Å². The van der Waals surface area contributed by atoms with Crippen molar-refractivity contribution in [1.29, 1.82) is 0 Å². The third kappa shape index (κ3) is 2.64. The maximum atomic E-state index is 13.5. The number of ketones is 1. The largest absolute Gasteiger partial charge is 0.366 e. The van der Waals surface area contributed by atoms with Crippen LogP contribution < -0.4 is 4.90 Å². The number of carbonyl (C=O) groups excluding carboxylic acids is 1. The Kier molecular flexibility index (Phi) is 4.36. The first-order valence-electron chi connectivity index (χ1n) is 9.86. The van der Waals surface area contributed by atoms with Crippen LogP contribution in [0, 0.1) is 5.92 Å². The number of rotatable bonds is 3. The Labute approximate surface area is 174 Å². The molecule has 140 valence electrons. The zero-order valence-electron chi connectivity index (χ0n) is 15.8. The summed E-state index contributed by atoms with van der Waals surface area (Å²) in [4.78, 5) is 16.0. The van der Waals surface area contributed by atoms with E-state index in [9.17, 15) is 4.79 Å². The molecule has 2 aliphatic heterocycles. The van der Waals surface area contributed by atoms with E-state index >= 15 is 0 Å². The van der Waals surface area contributed by atoms with E-state index in [1.54, 1.807) is 0 Å². The zero-order chi connectivity index (χ0) is 19.3. The molecule has 3 aromatic carbocycles. The van der Waals surface area contributed by atoms with Gasteiger partial charge in [0.25, 0.3) is 0 Å². The van der Waals surface area contributed by atoms with Crippen LogP contribution in [0.1, 0.15) is 40.2 Å². The van der Waals surface area contributed by atoms with Gasteiger partial charge in [-0.25, -0.2) is 0 Å². The van der Waals surface area contributed by atoms with Gasteiger partial charge in [0, 0.05) is 46.1 Å². The maximum Gasteiger partial charge on any atom is 0.168 e. The first kappa shape index (κ1) is 17.7. The second-order valence-corrected chi connectivity index (χ2v) is 8.73. The van der Waals surface area contributed by atoms with Crippen molar-refractivity contribution < 1.29 is 4.79 Å². The smallest absolute Gasteiger partial charge is 0.168 e. The average Bonchev–Trinajstić information content (AvgIpc) is 3.25. The Morgan fingerprint density at radius 1 is 0.893 bits per heavy atom. The van der Waals surface area contributed by atoms with E-state index in [4.69, 9.17) is 0 Å². The van der Waals surface area contributed by atoms with E-state index in [1.807, 2.05) is 36.4 Å². The third-order valence-electron chi connectivity index (χ3n) is 6.46. The standard InChI is InChI=1S/C25H22BrNO/c1-16-18-11-6-8-14-22(18)27-15-20(25(28)17-9-3-2-4-10-17)23(24(16)27)19-12-5-7-13-21(19)26/h2-14,16,20,23-24H,15H2,1H3/t16?,20-,23-,24?/m0/s1. The first-order chi connectivity index (χ1) is 13.7. The highest BCUT2D eigenvalue weighted by molar-refractivity contribution is 9.10. The van der Waals surface area contributed by atoms with Crippen molar-refractivity contribution in [2.75, 3.05) is 11.4 Å². The molecule has 2 unspecified atom stereocenters. The van der Waals surface area contributed by atoms with Gasteiger partial charge in [0.2, 0.25) is 0 Å². The van der Waals surface area contributed by atoms with Gasteiger partial charge in [-0.3, -0.25) is 4.79 Å². The van der Waals surface area contributed by atoms with Gasteiger partial charge in [-0.15, -0.1) is 0 Å². The van der Waals surface area contributed by atoms with Crippen molar-refractivity contribution in [3.8, 4) is 0 Å². The van der Waals surface area contributed by atoms with Gasteiger partial charge in [-0.1, -0.05) is 89.6 Å². The molecule has 1 saturated heterocycles. The highest BCUT2D eigenvalue weighted by Gasteiger charge is 2.52. The Hall–Kier alpha value is -2.39. The molecule has 0 aliphatic carbocycles. The summed E-state index contributed by atoms with van der Waals surface area (Å²) in [5, 5.41) is 0. The number of Topliss-reactive ketones (excluding diaryl/α,β-unsaturated/α-hetero) is 1. The summed E-state index contributed by atoms with van der Waals surface area (Å²) in [7, 11) is 0. The van der Waals surface area contributed by atoms with Crippen LogP contribution in [0.3, 0.4) is 0 Å². The molecule has 0 amide bonds. The van der Waals surface area contributed by atoms with Crippen molar-refractivity contribution in [2.45, 2.75) is 24.8 Å². The van der Waals surface area contributed by atoms with Crippen LogP contribution in [0.5, 0.6) is 0 Å². The SMILES string of the molecule is CC1c2ccccc2N2C[C@H](C(=O)c3ccccc3)[C@H](c3ccccc3Br)C12. The molecule has 4 atom stereocenters. The fourth-order valence-electron chi connectivity index (χ4n) is 5.25. The minimum Gasteiger partial charge on any atom is -0.366 e. The predicted octanol–water partition coefficient (Wildman–Crippen LogP) is 6.04. The molecular weight excluding hydrogens is 410 g/mol. The molecule has 2 heterocycles. The molecule has 28 heavy (non-hydrogen) atoms. The number of carbonyl (C=O) groups is 1. The van der Waals surface area contributed by atoms with E-state index in [1.165, 1.54) is 16.8 Å². The summed E-state index contributed by atoms with van der Waals surface area (Å²) in [6.45, 7) is 3.08. The van der Waals surface area contributed by atoms with Crippen LogP contribution in [0.4, 0.5) is 5.69 Å². The number of fused-ring (bicyclic) bond motifs is 3. The minimum absolute atomic E-state index is 0.0538. The molecule has 1 fully saturated rings. The lowest BCUT2D eigenvalue weighted by Crippen LogP contribution is -2.30. The maximum absolute atomic E-state index is 13.5. The summed E-state index contributed by atoms with van der Waals surface area (Å²) in [6.07, 6.45) is 0. The summed E-state index contributed by atoms with van der Waals surface area (Å²) < 4.78 is 1.09. The number of halogens is 1. The Bertz CT molecular complexity index is 1030. The van der Waals surface area contributed by atoms with Crippen LogP contribution in [-0.2, 0) is 0 Å². The lowest BCUT2D eigenvalue weighted by atomic mass is 9.76. The molecule has 3 aromatic rings. The van der Waals surface area contributed by atoms with Crippen LogP contribution in [0.15, 0.2) is 83.3 Å². The van der Waals surface area contributed by atoms with Crippen molar-refractivity contribution in [3.05, 3.63) is 100 Å². The van der Waals surface area contributed by atoms with Gasteiger partial charge in [0.1, 0.15) is 0 Å². The molecule has 2 aliphatic rings. The number of nitrogens with zero attached hydrogens (tertiary/aromatic N) is 1. The molecule has 0 aromatic heterocycles. The lowest BCUT2D eigenvalue weighted by Gasteiger charge is -2.28. The van der Waals surface area contributed by atoms with Gasteiger partial charge in [0.15, 0.2) is 5.78 Å². The Balaban J connectivity index is 1.63. The molecule has 0 N–H and O–H groups in total. The minimum atomic E-state index is -0.0538. The van der Waals surface area contributed by atoms with Gasteiger partial charge in [0.05, 0.1) is 0 Å². The molecular formula is C25H22BrNO. The zero-order valence-corrected chi connectivity index (χ0v) is 17.3. The predicted molar refractivity (Wildman–Crippen MR) is 117 cm³/mol. The second-order valence-electron chi connectivity index (χ2n) is 7.87. The summed E-state index contributed by atoms with van der Waals surface area (Å²) in [5.41, 5.74) is 4.74. The van der Waals surface area contributed by atoms with E-state index in [2.05, 4.69) is 70.2 Å². The van der Waals surface area contributed by atoms with Crippen LogP contribution in [-0.4, -0.2) is 18.4 Å². The van der Waals surface area contributed by atoms with Gasteiger partial charge in [-0.2, -0.15) is 0 Å². The number of anilines is 1. The Morgan fingerprint density at radius 3 is 2.29 bits per heavy atom. The molecule has 0 saturated carbocycles. The fourth-order valence-corrected chi connectivity index (χ4v) is 5.79. The first-order valence-corrected chi connectivity index (χ1v) is 10.7. The van der Waals surface area contributed by atoms with E-state index in [-0.39, 0.29) is 17.6 Å². The Morgan fingerprint density at radius 2 is 1.54 bits per heavy atom. The third-order valence-corrected chi connectivity index (χ3v) is 7.19. The monoisotopic (exact) mass is 431 g/mol. The molecule has 5 rings (SSSR count). The summed E-state index contributed by atoms with van der Waals surface area (Å²) in [6, 6.07) is 27.1. The molecule has 3 heteroatoms. The fraction of sp³-hybridized carbons (Fsp3) is 0.240. The van der Waals surface area contributed by atoms with Crippen molar-refractivity contribution >= 4 is 27.4 Å². The number of hydrogen-bond donors (Lipinski definition) is 0. The topological polar surface area (TPSA) is 20.3 Å². The molecule has 2 nitrogen and oxygen atoms in total. The summed E-state index contributed by atoms with van der Waals surface area (Å²) in [5.74, 6) is 0.745. The van der Waals surface area contributed by atoms with Crippen molar-refractivity contribution in [2.24, 2.45) is 5.92 Å². The van der Waals surface area contributed by atoms with E-state index in [0.717, 1.165) is 16.6 Å². The second kappa shape index (κ2) is 6.89. The number of hydrogen-bond acceptors (Lipinski definition) is 2. The van der Waals surface area contributed by atoms with Gasteiger partial charge < -0.3 is 4.90 Å². The van der Waals surface area contributed by atoms with E-state index in [0.29, 0.717) is 12.0 Å². The molecule has 0 spiro atoms. The molecule has 0 bridgehead atoms. The van der Waals surface area contributed by atoms with Crippen LogP contribution in [0.2, 0.25) is 0 Å². The van der Waals surface area contributed by atoms with Crippen molar-refractivity contribution in [1.82, 2.24) is 0 Å². The highest BCUT2D eigenvalue weighted by atomic mass is 79.9. The quantitative estimate of drug-likeness (QED) is 0.471. The van der Waals surface area contributed by atoms with Crippen LogP contribution >= 0.6 is 15.9 Å². The lowest BCUT2D eigenvalue weighted by molar-refractivity contribution is 0.0917. The van der Waals surface area contributed by atoms with E-state index < -0.39 is 0 Å². The molecule has 0 radical (unpaired) electrons. The normalized spacial score (nSPS) is 25.4. The average molecular weight is 432 g/mol.